The molecule has 0 amide bonds. The van der Waals surface area contributed by atoms with Crippen LogP contribution in [0.5, 0.6) is 0 Å². The van der Waals surface area contributed by atoms with E-state index in [2.05, 4.69) is 20.7 Å². The molecule has 0 unspecified atom stereocenters. The molecule has 86 valence electrons. The number of rotatable bonds is 4. The van der Waals surface area contributed by atoms with E-state index >= 15 is 0 Å². The van der Waals surface area contributed by atoms with E-state index in [9.17, 15) is 14.9 Å². The molecular weight excluding hydrogens is 301 g/mol. The molecule has 1 rings (SSSR count). The molecule has 7 heteroatoms. The third-order valence-electron chi connectivity index (χ3n) is 1.86. The Balaban J connectivity index is 2.84. The molecule has 0 aliphatic rings. The fourth-order valence-corrected chi connectivity index (χ4v) is 1.83. The van der Waals surface area contributed by atoms with Gasteiger partial charge in [-0.3, -0.25) is 10.1 Å². The van der Waals surface area contributed by atoms with Crippen molar-refractivity contribution in [3.63, 3.8) is 0 Å². The lowest BCUT2D eigenvalue weighted by Gasteiger charge is -2.05. The summed E-state index contributed by atoms with van der Waals surface area (Å²) in [5.41, 5.74) is -0.458. The van der Waals surface area contributed by atoms with Crippen molar-refractivity contribution in [3.8, 4) is 0 Å². The van der Waals surface area contributed by atoms with Gasteiger partial charge in [-0.15, -0.1) is 0 Å². The molecule has 5 nitrogen and oxygen atoms in total. The molecule has 0 aliphatic heterocycles. The molecule has 0 aromatic heterocycles. The highest BCUT2D eigenvalue weighted by Gasteiger charge is 2.16. The van der Waals surface area contributed by atoms with Crippen LogP contribution in [0, 0.1) is 10.1 Å². The van der Waals surface area contributed by atoms with Gasteiger partial charge in [0.2, 0.25) is 0 Å². The minimum atomic E-state index is -0.922. The van der Waals surface area contributed by atoms with Gasteiger partial charge in [-0.2, -0.15) is 0 Å². The molecule has 0 radical (unpaired) electrons. The first-order valence-corrected chi connectivity index (χ1v) is 5.43. The summed E-state index contributed by atoms with van der Waals surface area (Å²) in [4.78, 5) is 20.6. The van der Waals surface area contributed by atoms with Gasteiger partial charge in [-0.1, -0.05) is 22.0 Å². The second kappa shape index (κ2) is 5.81. The Morgan fingerprint density at radius 1 is 1.56 bits per heavy atom. The minimum Gasteiger partial charge on any atom is -0.453 e. The van der Waals surface area contributed by atoms with Crippen molar-refractivity contribution in [2.75, 3.05) is 6.61 Å². The van der Waals surface area contributed by atoms with Crippen molar-refractivity contribution in [3.05, 3.63) is 38.3 Å². The topological polar surface area (TPSA) is 69.4 Å². The van der Waals surface area contributed by atoms with E-state index in [0.29, 0.717) is 10.0 Å². The van der Waals surface area contributed by atoms with Gasteiger partial charge in [0.1, 0.15) is 0 Å². The number of hydrogen-bond donors (Lipinski definition) is 0. The van der Waals surface area contributed by atoms with E-state index < -0.39 is 10.4 Å². The second-order valence-corrected chi connectivity index (χ2v) is 3.99. The summed E-state index contributed by atoms with van der Waals surface area (Å²) in [5.74, 6) is 0. The van der Waals surface area contributed by atoms with Crippen LogP contribution in [0.1, 0.15) is 5.56 Å². The van der Waals surface area contributed by atoms with Gasteiger partial charge >= 0.3 is 5.43 Å². The molecule has 0 saturated carbocycles. The predicted molar refractivity (Wildman–Crippen MR) is 61.7 cm³/mol. The van der Waals surface area contributed by atoms with Crippen LogP contribution in [0.15, 0.2) is 22.7 Å². The third kappa shape index (κ3) is 3.46. The predicted octanol–water partition coefficient (Wildman–Crippen LogP) is 3.28. The summed E-state index contributed by atoms with van der Waals surface area (Å²) >= 11 is 8.18. The van der Waals surface area contributed by atoms with Crippen molar-refractivity contribution in [1.29, 1.82) is 0 Å². The van der Waals surface area contributed by atoms with Crippen molar-refractivity contribution in [1.82, 2.24) is 0 Å². The number of ether oxygens (including phenoxy) is 1. The van der Waals surface area contributed by atoms with Crippen LogP contribution in [0.2, 0.25) is 0 Å². The summed E-state index contributed by atoms with van der Waals surface area (Å²) in [6.45, 7) is 0.00574. The van der Waals surface area contributed by atoms with E-state index in [4.69, 9.17) is 11.6 Å². The summed E-state index contributed by atoms with van der Waals surface area (Å²) in [6, 6.07) is 4.65. The summed E-state index contributed by atoms with van der Waals surface area (Å²) in [5, 5.41) is 10.7. The highest BCUT2D eigenvalue weighted by Crippen LogP contribution is 2.26. The second-order valence-electron chi connectivity index (χ2n) is 2.83. The van der Waals surface area contributed by atoms with Crippen LogP contribution >= 0.6 is 27.5 Å². The van der Waals surface area contributed by atoms with Gasteiger partial charge in [0.15, 0.2) is 0 Å². The fourth-order valence-electron chi connectivity index (χ4n) is 1.20. The van der Waals surface area contributed by atoms with Gasteiger partial charge in [0, 0.05) is 34.1 Å². The highest BCUT2D eigenvalue weighted by molar-refractivity contribution is 9.10. The molecule has 1 aromatic rings. The van der Waals surface area contributed by atoms with Crippen molar-refractivity contribution < 1.29 is 14.5 Å². The number of carbonyl (C=O) groups excluding carboxylic acids is 1. The average Bonchev–Trinajstić information content (AvgIpc) is 2.19. The molecule has 0 spiro atoms. The standard InChI is InChI=1S/C9H7BrClNO4/c10-7-2-1-3-8(12(14)15)6(7)4-5-16-9(11)13/h1-3H,4-5H2. The van der Waals surface area contributed by atoms with Crippen LogP contribution in [-0.2, 0) is 11.2 Å². The van der Waals surface area contributed by atoms with E-state index in [1.165, 1.54) is 6.07 Å². The number of hydrogen-bond acceptors (Lipinski definition) is 4. The number of benzene rings is 1. The first-order chi connectivity index (χ1) is 7.52. The largest absolute Gasteiger partial charge is 0.453 e. The smallest absolute Gasteiger partial charge is 0.403 e. The quantitative estimate of drug-likeness (QED) is 0.486. The Kier molecular flexibility index (Phi) is 4.70. The molecule has 16 heavy (non-hydrogen) atoms. The molecule has 0 saturated heterocycles. The fraction of sp³-hybridized carbons (Fsp3) is 0.222. The maximum atomic E-state index is 10.7. The van der Waals surface area contributed by atoms with Gasteiger partial charge in [-0.05, 0) is 6.07 Å². The van der Waals surface area contributed by atoms with Gasteiger partial charge < -0.3 is 4.74 Å². The van der Waals surface area contributed by atoms with Crippen LogP contribution in [0.3, 0.4) is 0 Å². The lowest BCUT2D eigenvalue weighted by atomic mass is 10.1. The zero-order chi connectivity index (χ0) is 12.1. The molecular formula is C9H7BrClNO4. The van der Waals surface area contributed by atoms with E-state index in [0.717, 1.165) is 0 Å². The molecule has 0 atom stereocenters. The summed E-state index contributed by atoms with van der Waals surface area (Å²) in [6.07, 6.45) is 0.232. The molecule has 0 N–H and O–H groups in total. The molecule has 0 aliphatic carbocycles. The first-order valence-electron chi connectivity index (χ1n) is 4.26. The number of nitrogens with zero attached hydrogens (tertiary/aromatic N) is 1. The average molecular weight is 309 g/mol. The lowest BCUT2D eigenvalue weighted by molar-refractivity contribution is -0.385. The van der Waals surface area contributed by atoms with Gasteiger partial charge in [0.25, 0.3) is 5.69 Å². The molecule has 0 bridgehead atoms. The zero-order valence-corrected chi connectivity index (χ0v) is 10.3. The Morgan fingerprint density at radius 3 is 2.81 bits per heavy atom. The van der Waals surface area contributed by atoms with Crippen LogP contribution < -0.4 is 0 Å². The van der Waals surface area contributed by atoms with E-state index in [1.54, 1.807) is 12.1 Å². The van der Waals surface area contributed by atoms with Gasteiger partial charge in [-0.25, -0.2) is 4.79 Å². The van der Waals surface area contributed by atoms with Crippen LogP contribution in [0.25, 0.3) is 0 Å². The number of carbonyl (C=O) groups is 1. The SMILES string of the molecule is O=C(Cl)OCCc1c(Br)cccc1[N+](=O)[O-]. The van der Waals surface area contributed by atoms with Gasteiger partial charge in [0.05, 0.1) is 11.5 Å². The highest BCUT2D eigenvalue weighted by atomic mass is 79.9. The van der Waals surface area contributed by atoms with Crippen molar-refractivity contribution >= 4 is 38.6 Å². The van der Waals surface area contributed by atoms with E-state index in [1.807, 2.05) is 0 Å². The normalized spacial score (nSPS) is 9.88. The maximum Gasteiger partial charge on any atom is 0.403 e. The van der Waals surface area contributed by atoms with Crippen molar-refractivity contribution in [2.45, 2.75) is 6.42 Å². The third-order valence-corrected chi connectivity index (χ3v) is 2.71. The Morgan fingerprint density at radius 2 is 2.25 bits per heavy atom. The zero-order valence-electron chi connectivity index (χ0n) is 7.98. The summed E-state index contributed by atoms with van der Waals surface area (Å²) < 4.78 is 5.12. The van der Waals surface area contributed by atoms with Crippen molar-refractivity contribution in [2.24, 2.45) is 0 Å². The summed E-state index contributed by atoms with van der Waals surface area (Å²) in [7, 11) is 0. The van der Waals surface area contributed by atoms with Crippen LogP contribution in [-0.4, -0.2) is 17.0 Å². The number of nitro benzene ring substituents is 1. The molecule has 0 fully saturated rings. The lowest BCUT2D eigenvalue weighted by Crippen LogP contribution is -2.03. The number of halogens is 2. The Labute approximate surface area is 105 Å². The Bertz CT molecular complexity index is 424. The maximum absolute atomic E-state index is 10.7. The first kappa shape index (κ1) is 12.9. The molecule has 1 aromatic carbocycles. The monoisotopic (exact) mass is 307 g/mol. The number of nitro groups is 1. The minimum absolute atomic E-state index is 0.00574. The molecule has 0 heterocycles. The van der Waals surface area contributed by atoms with Crippen LogP contribution in [0.4, 0.5) is 10.5 Å². The van der Waals surface area contributed by atoms with E-state index in [-0.39, 0.29) is 18.7 Å². The Hall–Kier alpha value is -1.14.